The van der Waals surface area contributed by atoms with Crippen LogP contribution in [-0.4, -0.2) is 32.1 Å². The molecule has 0 spiro atoms. The van der Waals surface area contributed by atoms with E-state index < -0.39 is 11.7 Å². The van der Waals surface area contributed by atoms with Gasteiger partial charge in [-0.3, -0.25) is 4.79 Å². The molecule has 3 rings (SSSR count). The summed E-state index contributed by atoms with van der Waals surface area (Å²) in [6, 6.07) is 3.63. The first-order chi connectivity index (χ1) is 11.9. The Morgan fingerprint density at radius 2 is 2.04 bits per heavy atom. The lowest BCUT2D eigenvalue weighted by Crippen LogP contribution is -2.22. The number of nitrogens with zero attached hydrogens (tertiary/aromatic N) is 1. The molecule has 0 saturated carbocycles. The van der Waals surface area contributed by atoms with Crippen molar-refractivity contribution in [2.75, 3.05) is 36.4 Å². The highest BCUT2D eigenvalue weighted by Gasteiger charge is 2.32. The van der Waals surface area contributed by atoms with Gasteiger partial charge in [-0.15, -0.1) is 0 Å². The van der Waals surface area contributed by atoms with Crippen LogP contribution in [0.4, 0.5) is 24.5 Å². The van der Waals surface area contributed by atoms with Crippen LogP contribution in [0, 0.1) is 5.92 Å². The zero-order chi connectivity index (χ0) is 17.9. The first-order valence-electron chi connectivity index (χ1n) is 8.90. The Balaban J connectivity index is 1.72. The van der Waals surface area contributed by atoms with E-state index in [1.807, 2.05) is 4.90 Å². The molecule has 25 heavy (non-hydrogen) atoms. The van der Waals surface area contributed by atoms with Gasteiger partial charge in [-0.1, -0.05) is 0 Å². The third-order valence-electron chi connectivity index (χ3n) is 4.99. The third kappa shape index (κ3) is 4.66. The second-order valence-electron chi connectivity index (χ2n) is 6.87. The molecule has 2 fully saturated rings. The van der Waals surface area contributed by atoms with Crippen molar-refractivity contribution in [1.82, 2.24) is 5.32 Å². The lowest BCUT2D eigenvalue weighted by atomic mass is 10.0. The van der Waals surface area contributed by atoms with E-state index in [9.17, 15) is 18.0 Å². The molecular weight excluding hydrogens is 331 g/mol. The fourth-order valence-corrected chi connectivity index (χ4v) is 3.56. The van der Waals surface area contributed by atoms with Crippen molar-refractivity contribution in [3.63, 3.8) is 0 Å². The van der Waals surface area contributed by atoms with Crippen LogP contribution < -0.4 is 15.5 Å². The van der Waals surface area contributed by atoms with Crippen LogP contribution in [0.1, 0.15) is 37.7 Å². The highest BCUT2D eigenvalue weighted by atomic mass is 19.4. The molecule has 2 aliphatic heterocycles. The summed E-state index contributed by atoms with van der Waals surface area (Å²) in [4.78, 5) is 14.3. The van der Waals surface area contributed by atoms with E-state index in [1.165, 1.54) is 6.07 Å². The lowest BCUT2D eigenvalue weighted by molar-refractivity contribution is -0.137. The van der Waals surface area contributed by atoms with Crippen molar-refractivity contribution in [1.29, 1.82) is 0 Å². The van der Waals surface area contributed by atoms with E-state index in [2.05, 4.69) is 10.6 Å². The smallest absolute Gasteiger partial charge is 0.370 e. The minimum Gasteiger partial charge on any atom is -0.370 e. The SMILES string of the molecule is O=C(CCC1CCNC1)Nc1cc(C(F)(F)F)ccc1N1CCCC1. The molecule has 1 unspecified atom stereocenters. The molecule has 0 aromatic heterocycles. The Labute approximate surface area is 145 Å². The largest absolute Gasteiger partial charge is 0.416 e. The molecule has 2 heterocycles. The molecule has 0 bridgehead atoms. The van der Waals surface area contributed by atoms with Gasteiger partial charge in [0.15, 0.2) is 0 Å². The minimum absolute atomic E-state index is 0.216. The monoisotopic (exact) mass is 355 g/mol. The summed E-state index contributed by atoms with van der Waals surface area (Å²) in [5, 5.41) is 5.98. The van der Waals surface area contributed by atoms with E-state index in [1.54, 1.807) is 0 Å². The van der Waals surface area contributed by atoms with Crippen LogP contribution >= 0.6 is 0 Å². The van der Waals surface area contributed by atoms with Gasteiger partial charge in [0.25, 0.3) is 0 Å². The van der Waals surface area contributed by atoms with Crippen LogP contribution in [0.3, 0.4) is 0 Å². The number of amides is 1. The van der Waals surface area contributed by atoms with Crippen molar-refractivity contribution < 1.29 is 18.0 Å². The Kier molecular flexibility index (Phi) is 5.51. The summed E-state index contributed by atoms with van der Waals surface area (Å²) in [5.41, 5.74) is 0.221. The van der Waals surface area contributed by atoms with Crippen LogP contribution in [0.5, 0.6) is 0 Å². The molecule has 2 N–H and O–H groups in total. The van der Waals surface area contributed by atoms with Crippen molar-refractivity contribution in [2.45, 2.75) is 38.3 Å². The van der Waals surface area contributed by atoms with Gasteiger partial charge in [-0.05, 0) is 62.9 Å². The Hall–Kier alpha value is -1.76. The van der Waals surface area contributed by atoms with Gasteiger partial charge in [-0.2, -0.15) is 13.2 Å². The fraction of sp³-hybridized carbons (Fsp3) is 0.611. The predicted molar refractivity (Wildman–Crippen MR) is 91.7 cm³/mol. The second kappa shape index (κ2) is 7.64. The average Bonchev–Trinajstić information content (AvgIpc) is 3.26. The van der Waals surface area contributed by atoms with Gasteiger partial charge < -0.3 is 15.5 Å². The summed E-state index contributed by atoms with van der Waals surface area (Å²) >= 11 is 0. The van der Waals surface area contributed by atoms with Gasteiger partial charge in [0.2, 0.25) is 5.91 Å². The van der Waals surface area contributed by atoms with Gasteiger partial charge in [-0.25, -0.2) is 0 Å². The van der Waals surface area contributed by atoms with Crippen molar-refractivity contribution >= 4 is 17.3 Å². The van der Waals surface area contributed by atoms with Gasteiger partial charge in [0, 0.05) is 19.5 Å². The molecule has 1 aromatic carbocycles. The summed E-state index contributed by atoms with van der Waals surface area (Å²) in [7, 11) is 0. The highest BCUT2D eigenvalue weighted by molar-refractivity contribution is 5.94. The summed E-state index contributed by atoms with van der Waals surface area (Å²) in [6.45, 7) is 3.50. The number of hydrogen-bond acceptors (Lipinski definition) is 3. The molecule has 0 radical (unpaired) electrons. The third-order valence-corrected chi connectivity index (χ3v) is 4.99. The van der Waals surface area contributed by atoms with Gasteiger partial charge >= 0.3 is 6.18 Å². The maximum absolute atomic E-state index is 13.0. The zero-order valence-corrected chi connectivity index (χ0v) is 14.2. The molecule has 0 aliphatic carbocycles. The topological polar surface area (TPSA) is 44.4 Å². The Bertz CT molecular complexity index is 606. The van der Waals surface area contributed by atoms with E-state index >= 15 is 0 Å². The van der Waals surface area contributed by atoms with Crippen molar-refractivity contribution in [3.05, 3.63) is 23.8 Å². The molecule has 138 valence electrons. The van der Waals surface area contributed by atoms with E-state index in [0.29, 0.717) is 18.0 Å². The van der Waals surface area contributed by atoms with Crippen LogP contribution in [-0.2, 0) is 11.0 Å². The number of hydrogen-bond donors (Lipinski definition) is 2. The van der Waals surface area contributed by atoms with E-state index in [-0.39, 0.29) is 11.6 Å². The average molecular weight is 355 g/mol. The molecule has 1 atom stereocenters. The summed E-state index contributed by atoms with van der Waals surface area (Å²) < 4.78 is 39.1. The summed E-state index contributed by atoms with van der Waals surface area (Å²) in [6.07, 6.45) is -0.237. The normalized spacial score (nSPS) is 20.9. The number of anilines is 2. The second-order valence-corrected chi connectivity index (χ2v) is 6.87. The number of halogens is 3. The number of benzene rings is 1. The van der Waals surface area contributed by atoms with Crippen LogP contribution in [0.15, 0.2) is 18.2 Å². The molecule has 4 nitrogen and oxygen atoms in total. The minimum atomic E-state index is -4.42. The fourth-order valence-electron chi connectivity index (χ4n) is 3.56. The standard InChI is InChI=1S/C18H24F3N3O/c19-18(20,21)14-4-5-16(24-9-1-2-10-24)15(11-14)23-17(25)6-3-13-7-8-22-12-13/h4-5,11,13,22H,1-3,6-10,12H2,(H,23,25). The molecule has 7 heteroatoms. The lowest BCUT2D eigenvalue weighted by Gasteiger charge is -2.23. The van der Waals surface area contributed by atoms with Gasteiger partial charge in [0.1, 0.15) is 0 Å². The Morgan fingerprint density at radius 3 is 2.68 bits per heavy atom. The van der Waals surface area contributed by atoms with Crippen molar-refractivity contribution in [2.24, 2.45) is 5.92 Å². The van der Waals surface area contributed by atoms with E-state index in [0.717, 1.165) is 64.0 Å². The number of carbonyl (C=O) groups is 1. The first-order valence-corrected chi connectivity index (χ1v) is 8.90. The highest BCUT2D eigenvalue weighted by Crippen LogP contribution is 2.36. The molecule has 2 saturated heterocycles. The number of rotatable bonds is 5. The first kappa shape index (κ1) is 18.0. The number of carbonyl (C=O) groups excluding carboxylic acids is 1. The molecular formula is C18H24F3N3O. The molecule has 2 aliphatic rings. The Morgan fingerprint density at radius 1 is 1.28 bits per heavy atom. The van der Waals surface area contributed by atoms with Crippen LogP contribution in [0.2, 0.25) is 0 Å². The molecule has 1 amide bonds. The quantitative estimate of drug-likeness (QED) is 0.848. The summed E-state index contributed by atoms with van der Waals surface area (Å²) in [5.74, 6) is 0.261. The maximum Gasteiger partial charge on any atom is 0.416 e. The maximum atomic E-state index is 13.0. The van der Waals surface area contributed by atoms with Crippen LogP contribution in [0.25, 0.3) is 0 Å². The molecule has 1 aromatic rings. The van der Waals surface area contributed by atoms with Crippen molar-refractivity contribution in [3.8, 4) is 0 Å². The number of nitrogens with one attached hydrogen (secondary N) is 2. The predicted octanol–water partition coefficient (Wildman–Crippen LogP) is 3.63. The zero-order valence-electron chi connectivity index (χ0n) is 14.2. The number of alkyl halides is 3. The van der Waals surface area contributed by atoms with Gasteiger partial charge in [0.05, 0.1) is 16.9 Å². The van der Waals surface area contributed by atoms with E-state index in [4.69, 9.17) is 0 Å².